The van der Waals surface area contributed by atoms with Crippen LogP contribution in [0.1, 0.15) is 36.2 Å². The number of nitrogens with one attached hydrogen (secondary N) is 2. The predicted octanol–water partition coefficient (Wildman–Crippen LogP) is 2.70. The first kappa shape index (κ1) is 17.1. The largest absolute Gasteiger partial charge is 0.419 e. The maximum Gasteiger partial charge on any atom is 0.344 e. The van der Waals surface area contributed by atoms with Gasteiger partial charge in [0.25, 0.3) is 0 Å². The molecule has 1 aromatic heterocycles. The lowest BCUT2D eigenvalue weighted by molar-refractivity contribution is 0.0948. The number of carbonyl (C=O) groups excluding carboxylic acids is 2. The standard InChI is InChI=1S/C19H20N2O4S/c22-14(15-9-11-5-1-2-6-12(11)18(23)25-15)7-3-4-8-16-17-13(10-26-16)20-19(24)21-17/h1-2,5-6,9,13,16-17H,3-4,7-8,10H2,(H2,20,21,24)/t13-,16-,17-/m0/s1. The fourth-order valence-electron chi connectivity index (χ4n) is 3.67. The summed E-state index contributed by atoms with van der Waals surface area (Å²) < 4.78 is 5.19. The summed E-state index contributed by atoms with van der Waals surface area (Å²) in [4.78, 5) is 35.7. The molecule has 3 heterocycles. The molecule has 0 radical (unpaired) electrons. The quantitative estimate of drug-likeness (QED) is 0.462. The zero-order chi connectivity index (χ0) is 18.1. The monoisotopic (exact) mass is 372 g/mol. The Morgan fingerprint density at radius 1 is 1.19 bits per heavy atom. The second-order valence-corrected chi connectivity index (χ2v) is 8.05. The van der Waals surface area contributed by atoms with E-state index in [1.165, 1.54) is 0 Å². The molecule has 2 aromatic rings. The van der Waals surface area contributed by atoms with Gasteiger partial charge >= 0.3 is 11.7 Å². The second-order valence-electron chi connectivity index (χ2n) is 6.78. The topological polar surface area (TPSA) is 88.4 Å². The van der Waals surface area contributed by atoms with Crippen molar-refractivity contribution < 1.29 is 14.0 Å². The van der Waals surface area contributed by atoms with Crippen LogP contribution >= 0.6 is 11.8 Å². The molecule has 2 N–H and O–H groups in total. The zero-order valence-electron chi connectivity index (χ0n) is 14.2. The summed E-state index contributed by atoms with van der Waals surface area (Å²) in [5.41, 5.74) is -0.468. The van der Waals surface area contributed by atoms with Gasteiger partial charge in [0.15, 0.2) is 11.5 Å². The Morgan fingerprint density at radius 3 is 2.92 bits per heavy atom. The van der Waals surface area contributed by atoms with E-state index in [-0.39, 0.29) is 29.7 Å². The molecule has 136 valence electrons. The molecule has 2 aliphatic rings. The summed E-state index contributed by atoms with van der Waals surface area (Å²) in [5.74, 6) is 0.937. The molecule has 0 saturated carbocycles. The molecule has 1 aromatic carbocycles. The van der Waals surface area contributed by atoms with Gasteiger partial charge in [-0.2, -0.15) is 11.8 Å². The molecule has 2 saturated heterocycles. The van der Waals surface area contributed by atoms with Gasteiger partial charge in [-0.3, -0.25) is 4.79 Å². The molecule has 0 unspecified atom stereocenters. The number of urea groups is 1. The van der Waals surface area contributed by atoms with E-state index in [1.807, 2.05) is 17.8 Å². The van der Waals surface area contributed by atoms with Crippen molar-refractivity contribution in [2.45, 2.75) is 43.0 Å². The first-order chi connectivity index (χ1) is 12.6. The van der Waals surface area contributed by atoms with E-state index in [0.29, 0.717) is 17.1 Å². The molecular weight excluding hydrogens is 352 g/mol. The smallest absolute Gasteiger partial charge is 0.344 e. The number of thioether (sulfide) groups is 1. The Bertz CT molecular complexity index is 910. The lowest BCUT2D eigenvalue weighted by Crippen LogP contribution is -2.36. The predicted molar refractivity (Wildman–Crippen MR) is 101 cm³/mol. The van der Waals surface area contributed by atoms with E-state index >= 15 is 0 Å². The van der Waals surface area contributed by atoms with Crippen molar-refractivity contribution in [1.82, 2.24) is 10.6 Å². The summed E-state index contributed by atoms with van der Waals surface area (Å²) in [5, 5.41) is 7.52. The third kappa shape index (κ3) is 3.35. The normalized spacial score (nSPS) is 24.3. The number of amides is 2. The summed E-state index contributed by atoms with van der Waals surface area (Å²) in [6.45, 7) is 0. The molecule has 4 rings (SSSR count). The Morgan fingerprint density at radius 2 is 2.04 bits per heavy atom. The first-order valence-electron chi connectivity index (χ1n) is 8.86. The number of Topliss-reactive ketones (excluding diaryl/α,β-unsaturated/α-hetero) is 1. The number of unbranched alkanes of at least 4 members (excludes halogenated alkanes) is 1. The Balaban J connectivity index is 1.31. The first-order valence-corrected chi connectivity index (χ1v) is 9.91. The number of hydrogen-bond acceptors (Lipinski definition) is 5. The van der Waals surface area contributed by atoms with Crippen LogP contribution in [0.25, 0.3) is 10.8 Å². The Kier molecular flexibility index (Phi) is 4.72. The van der Waals surface area contributed by atoms with Crippen molar-refractivity contribution >= 4 is 34.3 Å². The van der Waals surface area contributed by atoms with Crippen LogP contribution in [-0.4, -0.2) is 34.9 Å². The molecule has 7 heteroatoms. The van der Waals surface area contributed by atoms with Crippen molar-refractivity contribution in [1.29, 1.82) is 0 Å². The Labute approximate surface area is 154 Å². The van der Waals surface area contributed by atoms with Gasteiger partial charge < -0.3 is 15.1 Å². The maximum absolute atomic E-state index is 12.4. The van der Waals surface area contributed by atoms with Crippen molar-refractivity contribution in [2.75, 3.05) is 5.75 Å². The highest BCUT2D eigenvalue weighted by Gasteiger charge is 2.42. The average molecular weight is 372 g/mol. The van der Waals surface area contributed by atoms with Gasteiger partial charge in [-0.25, -0.2) is 9.59 Å². The van der Waals surface area contributed by atoms with Crippen LogP contribution in [0.2, 0.25) is 0 Å². The van der Waals surface area contributed by atoms with E-state index in [9.17, 15) is 14.4 Å². The highest BCUT2D eigenvalue weighted by Crippen LogP contribution is 2.33. The minimum atomic E-state index is -0.468. The zero-order valence-corrected chi connectivity index (χ0v) is 15.0. The summed E-state index contributed by atoms with van der Waals surface area (Å²) in [6, 6.07) is 9.10. The van der Waals surface area contributed by atoms with Crippen LogP contribution in [0, 0.1) is 0 Å². The molecule has 26 heavy (non-hydrogen) atoms. The molecule has 6 nitrogen and oxygen atoms in total. The van der Waals surface area contributed by atoms with Crippen LogP contribution in [0.3, 0.4) is 0 Å². The highest BCUT2D eigenvalue weighted by molar-refractivity contribution is 8.00. The SMILES string of the molecule is O=C1N[C@H]2[C@H](CS[C@H]2CCCCC(=O)c2cc3ccccc3c(=O)o2)N1. The van der Waals surface area contributed by atoms with Gasteiger partial charge in [0, 0.05) is 17.4 Å². The van der Waals surface area contributed by atoms with Gasteiger partial charge in [-0.1, -0.05) is 24.6 Å². The van der Waals surface area contributed by atoms with Crippen molar-refractivity contribution in [3.63, 3.8) is 0 Å². The summed E-state index contributed by atoms with van der Waals surface area (Å²) >= 11 is 1.87. The highest BCUT2D eigenvalue weighted by atomic mass is 32.2. The van der Waals surface area contributed by atoms with Crippen LogP contribution in [0.4, 0.5) is 4.79 Å². The van der Waals surface area contributed by atoms with Gasteiger partial charge in [-0.05, 0) is 30.4 Å². The van der Waals surface area contributed by atoms with Gasteiger partial charge in [0.05, 0.1) is 17.5 Å². The number of benzene rings is 1. The van der Waals surface area contributed by atoms with Crippen LogP contribution < -0.4 is 16.3 Å². The maximum atomic E-state index is 12.4. The van der Waals surface area contributed by atoms with Gasteiger partial charge in [-0.15, -0.1) is 0 Å². The molecule has 0 bridgehead atoms. The third-order valence-corrected chi connectivity index (χ3v) is 6.53. The molecule has 2 fully saturated rings. The van der Waals surface area contributed by atoms with E-state index in [0.717, 1.165) is 30.4 Å². The number of fused-ring (bicyclic) bond motifs is 2. The number of carbonyl (C=O) groups is 2. The van der Waals surface area contributed by atoms with Crippen LogP contribution in [0.15, 0.2) is 39.5 Å². The number of ketones is 1. The lowest BCUT2D eigenvalue weighted by atomic mass is 10.0. The fourth-order valence-corrected chi connectivity index (χ4v) is 5.21. The third-order valence-electron chi connectivity index (χ3n) is 5.03. The van der Waals surface area contributed by atoms with Crippen molar-refractivity contribution in [3.8, 4) is 0 Å². The molecule has 2 amide bonds. The number of hydrogen-bond donors (Lipinski definition) is 2. The molecule has 0 spiro atoms. The molecule has 2 aliphatic heterocycles. The number of rotatable bonds is 6. The molecule has 0 aliphatic carbocycles. The van der Waals surface area contributed by atoms with E-state index < -0.39 is 5.63 Å². The van der Waals surface area contributed by atoms with Crippen molar-refractivity contribution in [2.24, 2.45) is 0 Å². The Hall–Kier alpha value is -2.28. The molecular formula is C19H20N2O4S. The minimum Gasteiger partial charge on any atom is -0.419 e. The summed E-state index contributed by atoms with van der Waals surface area (Å²) in [7, 11) is 0. The van der Waals surface area contributed by atoms with E-state index in [2.05, 4.69) is 10.6 Å². The minimum absolute atomic E-state index is 0.0770. The second kappa shape index (κ2) is 7.15. The average Bonchev–Trinajstić information content (AvgIpc) is 3.18. The van der Waals surface area contributed by atoms with Crippen LogP contribution in [-0.2, 0) is 0 Å². The van der Waals surface area contributed by atoms with E-state index in [4.69, 9.17) is 4.42 Å². The van der Waals surface area contributed by atoms with E-state index in [1.54, 1.807) is 24.3 Å². The lowest BCUT2D eigenvalue weighted by Gasteiger charge is -2.16. The van der Waals surface area contributed by atoms with Gasteiger partial charge in [0.2, 0.25) is 0 Å². The van der Waals surface area contributed by atoms with Crippen LogP contribution in [0.5, 0.6) is 0 Å². The molecule has 3 atom stereocenters. The van der Waals surface area contributed by atoms with Crippen molar-refractivity contribution in [3.05, 3.63) is 46.5 Å². The van der Waals surface area contributed by atoms with Gasteiger partial charge in [0.1, 0.15) is 0 Å². The summed E-state index contributed by atoms with van der Waals surface area (Å²) in [6.07, 6.45) is 2.96. The fraction of sp³-hybridized carbons (Fsp3) is 0.421.